The molecule has 0 radical (unpaired) electrons. The molecule has 0 bridgehead atoms. The molecule has 1 aliphatic heterocycles. The predicted octanol–water partition coefficient (Wildman–Crippen LogP) is 3.21. The van der Waals surface area contributed by atoms with Gasteiger partial charge in [-0.15, -0.1) is 0 Å². The fourth-order valence-corrected chi connectivity index (χ4v) is 4.38. The van der Waals surface area contributed by atoms with Crippen molar-refractivity contribution in [2.75, 3.05) is 38.1 Å². The summed E-state index contributed by atoms with van der Waals surface area (Å²) in [7, 11) is 1.78. The van der Waals surface area contributed by atoms with Gasteiger partial charge in [-0.3, -0.25) is 9.79 Å². The van der Waals surface area contributed by atoms with E-state index in [2.05, 4.69) is 57.0 Å². The van der Waals surface area contributed by atoms with Gasteiger partial charge >= 0.3 is 0 Å². The van der Waals surface area contributed by atoms with Crippen LogP contribution in [-0.4, -0.2) is 45.1 Å². The molecule has 160 valence electrons. The Bertz CT molecular complexity index is 678. The van der Waals surface area contributed by atoms with Crippen molar-refractivity contribution in [2.24, 2.45) is 10.9 Å². The van der Waals surface area contributed by atoms with E-state index < -0.39 is 0 Å². The molecule has 1 heterocycles. The van der Waals surface area contributed by atoms with Gasteiger partial charge in [-0.05, 0) is 56.2 Å². The lowest BCUT2D eigenvalue weighted by Gasteiger charge is -2.22. The van der Waals surface area contributed by atoms with E-state index in [0.29, 0.717) is 25.4 Å². The van der Waals surface area contributed by atoms with Gasteiger partial charge in [0.1, 0.15) is 0 Å². The molecule has 1 aromatic carbocycles. The third-order valence-electron chi connectivity index (χ3n) is 6.11. The average Bonchev–Trinajstić information content (AvgIpc) is 3.44. The number of carbonyl (C=O) groups is 1. The van der Waals surface area contributed by atoms with Crippen molar-refractivity contribution >= 4 is 17.6 Å². The molecule has 1 saturated carbocycles. The van der Waals surface area contributed by atoms with Crippen molar-refractivity contribution in [3.63, 3.8) is 0 Å². The zero-order valence-electron chi connectivity index (χ0n) is 18.0. The van der Waals surface area contributed by atoms with Crippen LogP contribution in [0.5, 0.6) is 0 Å². The minimum Gasteiger partial charge on any atom is -0.372 e. The maximum atomic E-state index is 12.0. The summed E-state index contributed by atoms with van der Waals surface area (Å²) in [5.41, 5.74) is 2.56. The molecule has 29 heavy (non-hydrogen) atoms. The standard InChI is InChI=1S/C23H37N5O/c1-18(20-10-7-11-21(17-20)28-14-5-6-15-28)27-23(24-2)26-13-12-25-22(29)16-19-8-3-4-9-19/h7,10-11,17-19H,3-6,8-9,12-16H2,1-2H3,(H,25,29)(H2,24,26,27). The molecular weight excluding hydrogens is 362 g/mol. The van der Waals surface area contributed by atoms with E-state index in [1.807, 2.05) is 0 Å². The second-order valence-electron chi connectivity index (χ2n) is 8.36. The van der Waals surface area contributed by atoms with E-state index in [1.165, 1.54) is 49.8 Å². The van der Waals surface area contributed by atoms with E-state index >= 15 is 0 Å². The first-order valence-electron chi connectivity index (χ1n) is 11.2. The van der Waals surface area contributed by atoms with Crippen LogP contribution in [0.25, 0.3) is 0 Å². The molecule has 1 aromatic rings. The molecule has 6 heteroatoms. The molecular formula is C23H37N5O. The van der Waals surface area contributed by atoms with Gasteiger partial charge in [0.15, 0.2) is 5.96 Å². The molecule has 2 aliphatic rings. The Morgan fingerprint density at radius 1 is 1.14 bits per heavy atom. The number of hydrogen-bond donors (Lipinski definition) is 3. The topological polar surface area (TPSA) is 68.8 Å². The van der Waals surface area contributed by atoms with Crippen LogP contribution >= 0.6 is 0 Å². The van der Waals surface area contributed by atoms with Crippen LogP contribution in [0.1, 0.15) is 63.5 Å². The molecule has 0 spiro atoms. The van der Waals surface area contributed by atoms with Crippen LogP contribution in [0.3, 0.4) is 0 Å². The molecule has 1 atom stereocenters. The summed E-state index contributed by atoms with van der Waals surface area (Å²) in [4.78, 5) is 18.8. The number of hydrogen-bond acceptors (Lipinski definition) is 3. The number of nitrogens with zero attached hydrogens (tertiary/aromatic N) is 2. The molecule has 1 unspecified atom stereocenters. The monoisotopic (exact) mass is 399 g/mol. The van der Waals surface area contributed by atoms with Crippen molar-refractivity contribution in [1.29, 1.82) is 0 Å². The van der Waals surface area contributed by atoms with Gasteiger partial charge in [-0.25, -0.2) is 0 Å². The molecule has 6 nitrogen and oxygen atoms in total. The maximum Gasteiger partial charge on any atom is 0.220 e. The summed E-state index contributed by atoms with van der Waals surface area (Å²) >= 11 is 0. The summed E-state index contributed by atoms with van der Waals surface area (Å²) in [6.07, 6.45) is 8.22. The van der Waals surface area contributed by atoms with Crippen LogP contribution in [0.15, 0.2) is 29.3 Å². The van der Waals surface area contributed by atoms with Gasteiger partial charge < -0.3 is 20.9 Å². The van der Waals surface area contributed by atoms with Gasteiger partial charge in [-0.1, -0.05) is 25.0 Å². The lowest BCUT2D eigenvalue weighted by molar-refractivity contribution is -0.121. The number of amides is 1. The van der Waals surface area contributed by atoms with Gasteiger partial charge in [0.2, 0.25) is 5.91 Å². The summed E-state index contributed by atoms with van der Waals surface area (Å²) in [6, 6.07) is 8.92. The van der Waals surface area contributed by atoms with Crippen LogP contribution in [-0.2, 0) is 4.79 Å². The third kappa shape index (κ3) is 6.65. The highest BCUT2D eigenvalue weighted by atomic mass is 16.1. The smallest absolute Gasteiger partial charge is 0.220 e. The first-order chi connectivity index (χ1) is 14.2. The number of carbonyl (C=O) groups excluding carboxylic acids is 1. The van der Waals surface area contributed by atoms with E-state index in [4.69, 9.17) is 0 Å². The first-order valence-corrected chi connectivity index (χ1v) is 11.2. The molecule has 1 aliphatic carbocycles. The second kappa shape index (κ2) is 11.1. The summed E-state index contributed by atoms with van der Waals surface area (Å²) in [5.74, 6) is 1.53. The van der Waals surface area contributed by atoms with Crippen LogP contribution < -0.4 is 20.9 Å². The summed E-state index contributed by atoms with van der Waals surface area (Å²) in [5, 5.41) is 9.78. The van der Waals surface area contributed by atoms with Crippen molar-refractivity contribution in [3.05, 3.63) is 29.8 Å². The van der Waals surface area contributed by atoms with Crippen molar-refractivity contribution < 1.29 is 4.79 Å². The van der Waals surface area contributed by atoms with Crippen molar-refractivity contribution in [3.8, 4) is 0 Å². The fourth-order valence-electron chi connectivity index (χ4n) is 4.38. The van der Waals surface area contributed by atoms with Gasteiger partial charge in [-0.2, -0.15) is 0 Å². The van der Waals surface area contributed by atoms with E-state index in [0.717, 1.165) is 19.0 Å². The van der Waals surface area contributed by atoms with E-state index in [-0.39, 0.29) is 11.9 Å². The first kappa shape index (κ1) is 21.5. The largest absolute Gasteiger partial charge is 0.372 e. The zero-order chi connectivity index (χ0) is 20.5. The number of aliphatic imine (C=N–C) groups is 1. The molecule has 1 amide bonds. The molecule has 1 saturated heterocycles. The highest BCUT2D eigenvalue weighted by Crippen LogP contribution is 2.27. The third-order valence-corrected chi connectivity index (χ3v) is 6.11. The van der Waals surface area contributed by atoms with Crippen molar-refractivity contribution in [1.82, 2.24) is 16.0 Å². The number of nitrogens with one attached hydrogen (secondary N) is 3. The Kier molecular flexibility index (Phi) is 8.20. The average molecular weight is 400 g/mol. The van der Waals surface area contributed by atoms with E-state index in [1.54, 1.807) is 7.05 Å². The highest BCUT2D eigenvalue weighted by Gasteiger charge is 2.18. The molecule has 3 rings (SSSR count). The Balaban J connectivity index is 1.40. The fraction of sp³-hybridized carbons (Fsp3) is 0.652. The lowest BCUT2D eigenvalue weighted by atomic mass is 10.0. The molecule has 3 N–H and O–H groups in total. The van der Waals surface area contributed by atoms with Gasteiger partial charge in [0.25, 0.3) is 0 Å². The normalized spacial score (nSPS) is 18.7. The summed E-state index contributed by atoms with van der Waals surface area (Å²) in [6.45, 7) is 5.74. The quantitative estimate of drug-likeness (QED) is 0.357. The molecule has 2 fully saturated rings. The maximum absolute atomic E-state index is 12.0. The Morgan fingerprint density at radius 3 is 2.59 bits per heavy atom. The number of anilines is 1. The Morgan fingerprint density at radius 2 is 1.86 bits per heavy atom. The van der Waals surface area contributed by atoms with Gasteiger partial charge in [0.05, 0.1) is 6.04 Å². The minimum absolute atomic E-state index is 0.153. The van der Waals surface area contributed by atoms with Gasteiger partial charge in [0, 0.05) is 45.3 Å². The minimum atomic E-state index is 0.153. The summed E-state index contributed by atoms with van der Waals surface area (Å²) < 4.78 is 0. The van der Waals surface area contributed by atoms with Crippen LogP contribution in [0, 0.1) is 5.92 Å². The number of guanidine groups is 1. The Hall–Kier alpha value is -2.24. The van der Waals surface area contributed by atoms with Crippen LogP contribution in [0.2, 0.25) is 0 Å². The second-order valence-corrected chi connectivity index (χ2v) is 8.36. The Labute approximate surface area is 175 Å². The zero-order valence-corrected chi connectivity index (χ0v) is 18.0. The lowest BCUT2D eigenvalue weighted by Crippen LogP contribution is -2.42. The highest BCUT2D eigenvalue weighted by molar-refractivity contribution is 5.80. The van der Waals surface area contributed by atoms with Crippen molar-refractivity contribution in [2.45, 2.75) is 57.9 Å². The number of rotatable bonds is 8. The van der Waals surface area contributed by atoms with Crippen LogP contribution in [0.4, 0.5) is 5.69 Å². The molecule has 0 aromatic heterocycles. The predicted molar refractivity (Wildman–Crippen MR) is 120 cm³/mol. The number of benzene rings is 1. The van der Waals surface area contributed by atoms with E-state index in [9.17, 15) is 4.79 Å². The SMILES string of the molecule is CN=C(NCCNC(=O)CC1CCCC1)NC(C)c1cccc(N2CCCC2)c1.